The van der Waals surface area contributed by atoms with Gasteiger partial charge in [-0.2, -0.15) is 0 Å². The van der Waals surface area contributed by atoms with Crippen LogP contribution in [0.1, 0.15) is 11.1 Å². The summed E-state index contributed by atoms with van der Waals surface area (Å²) in [6, 6.07) is 36.6. The summed E-state index contributed by atoms with van der Waals surface area (Å²) in [5, 5.41) is 4.86. The number of fused-ring (bicyclic) bond motifs is 5. The molecule has 41 heavy (non-hydrogen) atoms. The van der Waals surface area contributed by atoms with Gasteiger partial charge >= 0.3 is 0 Å². The van der Waals surface area contributed by atoms with Gasteiger partial charge in [0.25, 0.3) is 0 Å². The van der Waals surface area contributed by atoms with E-state index >= 15 is 0 Å². The number of pyridine rings is 2. The highest BCUT2D eigenvalue weighted by Crippen LogP contribution is 2.45. The van der Waals surface area contributed by atoms with Gasteiger partial charge in [0.05, 0.1) is 16.8 Å². The van der Waals surface area contributed by atoms with Crippen molar-refractivity contribution in [2.75, 3.05) is 5.32 Å². The Morgan fingerprint density at radius 2 is 1.32 bits per heavy atom. The molecule has 0 amide bonds. The van der Waals surface area contributed by atoms with Gasteiger partial charge in [-0.15, -0.1) is 0 Å². The van der Waals surface area contributed by atoms with Crippen LogP contribution in [0.25, 0.3) is 56.5 Å². The van der Waals surface area contributed by atoms with Crippen molar-refractivity contribution in [2.45, 2.75) is 0 Å². The molecule has 7 aromatic rings. The molecule has 0 fully saturated rings. The molecule has 1 aliphatic rings. The minimum absolute atomic E-state index is 0.562. The standard InChI is InChI=1S/C36H23N3O2/c1-2-20-37-32(17-1)40-26-11-3-10-25(22-26)27-12-4-8-23-18-19-24-9-5-14-29(35(24)39-34(23)27)28-13-6-15-30-33(28)36-31(41-30)16-7-21-38-36/h1-22,39H. The molecule has 5 nitrogen and oxygen atoms in total. The van der Waals surface area contributed by atoms with Crippen LogP contribution in [-0.2, 0) is 0 Å². The van der Waals surface area contributed by atoms with Gasteiger partial charge < -0.3 is 14.5 Å². The first-order valence-electron chi connectivity index (χ1n) is 13.5. The van der Waals surface area contributed by atoms with Crippen LogP contribution in [0.15, 0.2) is 126 Å². The minimum Gasteiger partial charge on any atom is -0.454 e. The number of ether oxygens (including phenoxy) is 1. The Hall–Kier alpha value is -5.68. The summed E-state index contributed by atoms with van der Waals surface area (Å²) in [5.74, 6) is 1.29. The second kappa shape index (κ2) is 9.50. The van der Waals surface area contributed by atoms with Crippen molar-refractivity contribution < 1.29 is 9.15 Å². The van der Waals surface area contributed by atoms with E-state index in [9.17, 15) is 0 Å². The van der Waals surface area contributed by atoms with E-state index in [0.717, 1.165) is 72.6 Å². The average molecular weight is 530 g/mol. The van der Waals surface area contributed by atoms with Crippen molar-refractivity contribution in [3.8, 4) is 33.9 Å². The van der Waals surface area contributed by atoms with E-state index in [4.69, 9.17) is 9.15 Å². The second-order valence-corrected chi connectivity index (χ2v) is 9.93. The van der Waals surface area contributed by atoms with E-state index in [1.165, 1.54) is 0 Å². The smallest absolute Gasteiger partial charge is 0.219 e. The third-order valence-corrected chi connectivity index (χ3v) is 7.43. The van der Waals surface area contributed by atoms with Gasteiger partial charge in [-0.3, -0.25) is 4.98 Å². The van der Waals surface area contributed by atoms with Gasteiger partial charge in [0.15, 0.2) is 5.58 Å². The zero-order valence-corrected chi connectivity index (χ0v) is 21.9. The number of aromatic nitrogens is 2. The van der Waals surface area contributed by atoms with Gasteiger partial charge in [0.1, 0.15) is 16.8 Å². The highest BCUT2D eigenvalue weighted by atomic mass is 16.5. The molecule has 0 spiro atoms. The van der Waals surface area contributed by atoms with E-state index in [0.29, 0.717) is 5.88 Å². The minimum atomic E-state index is 0.562. The molecule has 0 aliphatic carbocycles. The van der Waals surface area contributed by atoms with Crippen molar-refractivity contribution in [1.82, 2.24) is 9.97 Å². The van der Waals surface area contributed by atoms with Crippen molar-refractivity contribution >= 4 is 45.6 Å². The van der Waals surface area contributed by atoms with Crippen LogP contribution in [-0.4, -0.2) is 9.97 Å². The zero-order valence-electron chi connectivity index (χ0n) is 21.9. The normalized spacial score (nSPS) is 12.0. The first-order chi connectivity index (χ1) is 20.3. The maximum atomic E-state index is 6.16. The fourth-order valence-corrected chi connectivity index (χ4v) is 5.59. The van der Waals surface area contributed by atoms with Gasteiger partial charge in [0, 0.05) is 29.6 Å². The Morgan fingerprint density at radius 3 is 2.17 bits per heavy atom. The quantitative estimate of drug-likeness (QED) is 0.246. The number of nitrogens with zero attached hydrogens (tertiary/aromatic N) is 2. The highest BCUT2D eigenvalue weighted by molar-refractivity contribution is 6.12. The predicted molar refractivity (Wildman–Crippen MR) is 165 cm³/mol. The van der Waals surface area contributed by atoms with E-state index < -0.39 is 0 Å². The average Bonchev–Trinajstić information content (AvgIpc) is 3.29. The first-order valence-corrected chi connectivity index (χ1v) is 13.5. The molecule has 4 heterocycles. The lowest BCUT2D eigenvalue weighted by atomic mass is 9.96. The Bertz CT molecular complexity index is 2110. The molecule has 0 radical (unpaired) electrons. The summed E-state index contributed by atoms with van der Waals surface area (Å²) in [6.07, 6.45) is 7.89. The molecule has 0 unspecified atom stereocenters. The van der Waals surface area contributed by atoms with Crippen molar-refractivity contribution in [2.24, 2.45) is 0 Å². The number of furan rings is 1. The highest BCUT2D eigenvalue weighted by Gasteiger charge is 2.20. The number of rotatable bonds is 4. The summed E-state index contributed by atoms with van der Waals surface area (Å²) >= 11 is 0. The lowest BCUT2D eigenvalue weighted by Crippen LogP contribution is -1.99. The molecular weight excluding hydrogens is 506 g/mol. The van der Waals surface area contributed by atoms with Gasteiger partial charge in [-0.1, -0.05) is 78.9 Å². The topological polar surface area (TPSA) is 60.2 Å². The summed E-state index contributed by atoms with van der Waals surface area (Å²) in [6.45, 7) is 0. The molecule has 3 aromatic heterocycles. The molecule has 194 valence electrons. The maximum absolute atomic E-state index is 6.16. The maximum Gasteiger partial charge on any atom is 0.219 e. The van der Waals surface area contributed by atoms with E-state index in [1.54, 1.807) is 6.20 Å². The Morgan fingerprint density at radius 1 is 0.585 bits per heavy atom. The fraction of sp³-hybridized carbons (Fsp3) is 0. The third kappa shape index (κ3) is 4.03. The largest absolute Gasteiger partial charge is 0.454 e. The van der Waals surface area contributed by atoms with Crippen LogP contribution < -0.4 is 10.1 Å². The molecular formula is C36H23N3O2. The first kappa shape index (κ1) is 23.2. The second-order valence-electron chi connectivity index (χ2n) is 9.93. The molecule has 5 heteroatoms. The summed E-state index contributed by atoms with van der Waals surface area (Å²) in [7, 11) is 0. The molecule has 1 aliphatic heterocycles. The molecule has 4 aromatic carbocycles. The summed E-state index contributed by atoms with van der Waals surface area (Å²) in [5.41, 5.74) is 11.0. The molecule has 0 saturated heterocycles. The fourth-order valence-electron chi connectivity index (χ4n) is 5.59. The molecule has 0 bridgehead atoms. The third-order valence-electron chi connectivity index (χ3n) is 7.43. The van der Waals surface area contributed by atoms with Crippen molar-refractivity contribution in [3.05, 3.63) is 133 Å². The van der Waals surface area contributed by atoms with Crippen LogP contribution in [0, 0.1) is 0 Å². The summed E-state index contributed by atoms with van der Waals surface area (Å²) < 4.78 is 12.2. The van der Waals surface area contributed by atoms with Gasteiger partial charge in [-0.25, -0.2) is 4.98 Å². The van der Waals surface area contributed by atoms with E-state index in [1.807, 2.05) is 60.8 Å². The van der Waals surface area contributed by atoms with E-state index in [2.05, 4.69) is 82.0 Å². The van der Waals surface area contributed by atoms with Crippen LogP contribution in [0.4, 0.5) is 11.4 Å². The SMILES string of the molecule is C1=Cc2cccc(-c3cccc4oc5cccnc5c34)c2Nc2c1cccc2-c1cccc(Oc2ccccn2)c1. The van der Waals surface area contributed by atoms with Crippen molar-refractivity contribution in [1.29, 1.82) is 0 Å². The molecule has 8 rings (SSSR count). The Kier molecular flexibility index (Phi) is 5.38. The van der Waals surface area contributed by atoms with Crippen molar-refractivity contribution in [3.63, 3.8) is 0 Å². The lowest BCUT2D eigenvalue weighted by molar-refractivity contribution is 0.463. The van der Waals surface area contributed by atoms with Gasteiger partial charge in [-0.05, 0) is 58.7 Å². The summed E-state index contributed by atoms with van der Waals surface area (Å²) in [4.78, 5) is 8.97. The number of hydrogen-bond donors (Lipinski definition) is 1. The molecule has 1 N–H and O–H groups in total. The number of benzene rings is 4. The number of hydrogen-bond acceptors (Lipinski definition) is 5. The zero-order chi connectivity index (χ0) is 27.2. The van der Waals surface area contributed by atoms with E-state index in [-0.39, 0.29) is 0 Å². The van der Waals surface area contributed by atoms with Gasteiger partial charge in [0.2, 0.25) is 5.88 Å². The van der Waals surface area contributed by atoms with Crippen LogP contribution in [0.3, 0.4) is 0 Å². The molecule has 0 saturated carbocycles. The Balaban J connectivity index is 1.27. The van der Waals surface area contributed by atoms with Crippen LogP contribution in [0.2, 0.25) is 0 Å². The van der Waals surface area contributed by atoms with Crippen LogP contribution in [0.5, 0.6) is 11.6 Å². The molecule has 0 atom stereocenters. The number of nitrogens with one attached hydrogen (secondary N) is 1. The Labute approximate surface area is 236 Å². The van der Waals surface area contributed by atoms with Crippen LogP contribution >= 0.6 is 0 Å². The lowest BCUT2D eigenvalue weighted by Gasteiger charge is -2.19. The predicted octanol–water partition coefficient (Wildman–Crippen LogP) is 9.73. The number of anilines is 2. The number of para-hydroxylation sites is 2. The monoisotopic (exact) mass is 529 g/mol.